The Bertz CT molecular complexity index is 522. The fourth-order valence-corrected chi connectivity index (χ4v) is 1.71. The number of aliphatic hydroxyl groups excluding tert-OH is 1. The third kappa shape index (κ3) is 3.01. The molecule has 0 radical (unpaired) electrons. The van der Waals surface area contributed by atoms with Crippen molar-refractivity contribution in [2.75, 3.05) is 13.2 Å². The van der Waals surface area contributed by atoms with E-state index in [4.69, 9.17) is 9.84 Å². The second-order valence-electron chi connectivity index (χ2n) is 3.94. The van der Waals surface area contributed by atoms with Gasteiger partial charge in [0.05, 0.1) is 0 Å². The molecule has 2 aromatic rings. The van der Waals surface area contributed by atoms with Gasteiger partial charge in [0.15, 0.2) is 0 Å². The predicted octanol–water partition coefficient (Wildman–Crippen LogP) is 1.78. The molecule has 1 aromatic carbocycles. The summed E-state index contributed by atoms with van der Waals surface area (Å²) in [6.45, 7) is 0.709. The highest BCUT2D eigenvalue weighted by molar-refractivity contribution is 5.83. The molecule has 96 valence electrons. The lowest BCUT2D eigenvalue weighted by Crippen LogP contribution is -2.25. The van der Waals surface area contributed by atoms with Crippen molar-refractivity contribution in [2.45, 2.75) is 13.0 Å². The first-order valence-corrected chi connectivity index (χ1v) is 5.87. The van der Waals surface area contributed by atoms with E-state index in [-0.39, 0.29) is 13.2 Å². The summed E-state index contributed by atoms with van der Waals surface area (Å²) in [6, 6.07) is 7.85. The Morgan fingerprint density at radius 1 is 1.39 bits per heavy atom. The van der Waals surface area contributed by atoms with Crippen molar-refractivity contribution in [1.82, 2.24) is 10.3 Å². The lowest BCUT2D eigenvalue weighted by atomic mass is 10.2. The molecule has 5 nitrogen and oxygen atoms in total. The minimum absolute atomic E-state index is 0.0583. The Hall–Kier alpha value is -2.01. The maximum atomic E-state index is 11.3. The number of hydrogen-bond donors (Lipinski definition) is 3. The minimum atomic E-state index is -0.464. The monoisotopic (exact) mass is 248 g/mol. The summed E-state index contributed by atoms with van der Waals surface area (Å²) in [4.78, 5) is 14.4. The second-order valence-corrected chi connectivity index (χ2v) is 3.94. The summed E-state index contributed by atoms with van der Waals surface area (Å²) in [5.74, 6) is 0. The van der Waals surface area contributed by atoms with E-state index in [1.54, 1.807) is 0 Å². The first-order valence-electron chi connectivity index (χ1n) is 5.87. The molecular formula is C13H16N2O3. The number of fused-ring (bicyclic) bond motifs is 1. The van der Waals surface area contributed by atoms with Gasteiger partial charge in [-0.1, -0.05) is 18.2 Å². The molecular weight excluding hydrogens is 232 g/mol. The number of alkyl carbamates (subject to hydrolysis) is 1. The highest BCUT2D eigenvalue weighted by Gasteiger charge is 2.06. The molecule has 0 unspecified atom stereocenters. The van der Waals surface area contributed by atoms with E-state index in [1.165, 1.54) is 0 Å². The van der Waals surface area contributed by atoms with Crippen molar-refractivity contribution < 1.29 is 14.6 Å². The predicted molar refractivity (Wildman–Crippen MR) is 68.2 cm³/mol. The van der Waals surface area contributed by atoms with Crippen LogP contribution in [0.2, 0.25) is 0 Å². The zero-order valence-electron chi connectivity index (χ0n) is 9.98. The smallest absolute Gasteiger partial charge is 0.407 e. The van der Waals surface area contributed by atoms with E-state index in [2.05, 4.69) is 10.3 Å². The van der Waals surface area contributed by atoms with Crippen LogP contribution in [0.15, 0.2) is 30.5 Å². The van der Waals surface area contributed by atoms with Gasteiger partial charge in [-0.2, -0.15) is 0 Å². The quantitative estimate of drug-likeness (QED) is 0.706. The topological polar surface area (TPSA) is 74.3 Å². The van der Waals surface area contributed by atoms with Crippen molar-refractivity contribution >= 4 is 17.0 Å². The zero-order chi connectivity index (χ0) is 12.8. The number of para-hydroxylation sites is 1. The van der Waals surface area contributed by atoms with Gasteiger partial charge in [-0.15, -0.1) is 0 Å². The molecule has 1 aromatic heterocycles. The number of amides is 1. The first-order chi connectivity index (χ1) is 8.81. The molecule has 0 fully saturated rings. The lowest BCUT2D eigenvalue weighted by Gasteiger charge is -2.05. The second kappa shape index (κ2) is 6.07. The lowest BCUT2D eigenvalue weighted by molar-refractivity contribution is 0.139. The van der Waals surface area contributed by atoms with E-state index in [0.717, 1.165) is 16.5 Å². The average Bonchev–Trinajstić information content (AvgIpc) is 2.80. The van der Waals surface area contributed by atoms with Gasteiger partial charge in [0.2, 0.25) is 0 Å². The number of H-pyrrole nitrogens is 1. The maximum absolute atomic E-state index is 11.3. The number of ether oxygens (including phenoxy) is 1. The van der Waals surface area contributed by atoms with Crippen LogP contribution in [0.25, 0.3) is 10.9 Å². The molecule has 18 heavy (non-hydrogen) atoms. The van der Waals surface area contributed by atoms with Gasteiger partial charge in [0, 0.05) is 35.8 Å². The molecule has 5 heteroatoms. The Kier molecular flexibility index (Phi) is 4.20. The summed E-state index contributed by atoms with van der Waals surface area (Å²) >= 11 is 0. The molecule has 2 rings (SSSR count). The largest absolute Gasteiger partial charge is 0.445 e. The number of rotatable bonds is 5. The first kappa shape index (κ1) is 12.4. The number of aromatic nitrogens is 1. The van der Waals surface area contributed by atoms with Crippen LogP contribution in [0, 0.1) is 0 Å². The molecule has 1 heterocycles. The average molecular weight is 248 g/mol. The van der Waals surface area contributed by atoms with Gasteiger partial charge in [-0.25, -0.2) is 4.79 Å². The van der Waals surface area contributed by atoms with E-state index in [1.807, 2.05) is 30.5 Å². The SMILES string of the molecule is O=C(NCCCO)OCc1c[nH]c2ccccc12. The number of aliphatic hydroxyl groups is 1. The number of carbonyl (C=O) groups excluding carboxylic acids is 1. The van der Waals surface area contributed by atoms with Crippen molar-refractivity contribution in [1.29, 1.82) is 0 Å². The summed E-state index contributed by atoms with van der Waals surface area (Å²) in [6.07, 6.45) is 1.90. The molecule has 3 N–H and O–H groups in total. The van der Waals surface area contributed by atoms with E-state index < -0.39 is 6.09 Å². The fraction of sp³-hybridized carbons (Fsp3) is 0.308. The third-order valence-electron chi connectivity index (χ3n) is 2.64. The van der Waals surface area contributed by atoms with Crippen LogP contribution in [-0.4, -0.2) is 29.3 Å². The van der Waals surface area contributed by atoms with E-state index in [9.17, 15) is 4.79 Å². The Labute approximate surface area is 105 Å². The molecule has 0 aliphatic carbocycles. The molecule has 1 amide bonds. The van der Waals surface area contributed by atoms with Crippen LogP contribution in [0.5, 0.6) is 0 Å². The number of hydrogen-bond acceptors (Lipinski definition) is 3. The van der Waals surface area contributed by atoms with Crippen LogP contribution in [0.3, 0.4) is 0 Å². The number of carbonyl (C=O) groups is 1. The Morgan fingerprint density at radius 3 is 3.06 bits per heavy atom. The van der Waals surface area contributed by atoms with Gasteiger partial charge in [0.1, 0.15) is 6.61 Å². The molecule has 0 aliphatic rings. The van der Waals surface area contributed by atoms with Gasteiger partial charge in [-0.3, -0.25) is 0 Å². The normalized spacial score (nSPS) is 10.5. The highest BCUT2D eigenvalue weighted by Crippen LogP contribution is 2.18. The maximum Gasteiger partial charge on any atom is 0.407 e. The minimum Gasteiger partial charge on any atom is -0.445 e. The van der Waals surface area contributed by atoms with E-state index >= 15 is 0 Å². The number of benzene rings is 1. The summed E-state index contributed by atoms with van der Waals surface area (Å²) < 4.78 is 5.09. The molecule has 0 aliphatic heterocycles. The Morgan fingerprint density at radius 2 is 2.22 bits per heavy atom. The zero-order valence-corrected chi connectivity index (χ0v) is 9.98. The van der Waals surface area contributed by atoms with Crippen LogP contribution in [0.4, 0.5) is 4.79 Å². The van der Waals surface area contributed by atoms with Gasteiger partial charge >= 0.3 is 6.09 Å². The van der Waals surface area contributed by atoms with Crippen LogP contribution >= 0.6 is 0 Å². The molecule has 0 atom stereocenters. The van der Waals surface area contributed by atoms with Crippen LogP contribution in [-0.2, 0) is 11.3 Å². The van der Waals surface area contributed by atoms with Gasteiger partial charge in [0.25, 0.3) is 0 Å². The summed E-state index contributed by atoms with van der Waals surface area (Å²) in [7, 11) is 0. The molecule has 0 spiro atoms. The molecule has 0 saturated carbocycles. The van der Waals surface area contributed by atoms with Gasteiger partial charge < -0.3 is 20.1 Å². The number of aromatic amines is 1. The van der Waals surface area contributed by atoms with E-state index in [0.29, 0.717) is 13.0 Å². The summed E-state index contributed by atoms with van der Waals surface area (Å²) in [5.41, 5.74) is 1.97. The van der Waals surface area contributed by atoms with Crippen molar-refractivity contribution in [3.8, 4) is 0 Å². The Balaban J connectivity index is 1.88. The van der Waals surface area contributed by atoms with Crippen LogP contribution in [0.1, 0.15) is 12.0 Å². The highest BCUT2D eigenvalue weighted by atomic mass is 16.5. The third-order valence-corrected chi connectivity index (χ3v) is 2.64. The fourth-order valence-electron chi connectivity index (χ4n) is 1.71. The standard InChI is InChI=1S/C13H16N2O3/c16-7-3-6-14-13(17)18-9-10-8-15-12-5-2-1-4-11(10)12/h1-2,4-5,8,15-16H,3,6-7,9H2,(H,14,17). The summed E-state index contributed by atoms with van der Waals surface area (Å²) in [5, 5.41) is 12.2. The molecule has 0 bridgehead atoms. The number of nitrogens with one attached hydrogen (secondary N) is 2. The van der Waals surface area contributed by atoms with Crippen molar-refractivity contribution in [3.63, 3.8) is 0 Å². The van der Waals surface area contributed by atoms with Crippen molar-refractivity contribution in [3.05, 3.63) is 36.0 Å². The van der Waals surface area contributed by atoms with Crippen LogP contribution < -0.4 is 5.32 Å². The molecule has 0 saturated heterocycles. The van der Waals surface area contributed by atoms with Gasteiger partial charge in [-0.05, 0) is 12.5 Å². The van der Waals surface area contributed by atoms with Crippen molar-refractivity contribution in [2.24, 2.45) is 0 Å².